The molecule has 3 aromatic rings. The molecule has 0 aliphatic carbocycles. The Morgan fingerprint density at radius 1 is 1.12 bits per heavy atom. The predicted molar refractivity (Wildman–Crippen MR) is 135 cm³/mol. The Kier molecular flexibility index (Phi) is 14.2. The number of hydrogen-bond donors (Lipinski definition) is 2. The van der Waals surface area contributed by atoms with Gasteiger partial charge < -0.3 is 20.6 Å². The van der Waals surface area contributed by atoms with E-state index in [0.29, 0.717) is 30.9 Å². The number of amides is 1. The van der Waals surface area contributed by atoms with Crippen LogP contribution in [0.25, 0.3) is 11.3 Å². The summed E-state index contributed by atoms with van der Waals surface area (Å²) in [4.78, 5) is 33.2. The van der Waals surface area contributed by atoms with Crippen molar-refractivity contribution >= 4 is 12.2 Å². The molecule has 182 valence electrons. The van der Waals surface area contributed by atoms with Crippen LogP contribution in [0.3, 0.4) is 0 Å². The van der Waals surface area contributed by atoms with E-state index in [0.717, 1.165) is 30.4 Å². The quantitative estimate of drug-likeness (QED) is 0.390. The van der Waals surface area contributed by atoms with Gasteiger partial charge in [0.15, 0.2) is 0 Å². The van der Waals surface area contributed by atoms with E-state index in [2.05, 4.69) is 15.2 Å². The summed E-state index contributed by atoms with van der Waals surface area (Å²) in [5, 5.41) is 7.31. The topological polar surface area (TPSA) is 116 Å². The van der Waals surface area contributed by atoms with Gasteiger partial charge in [-0.15, -0.1) is 0 Å². The van der Waals surface area contributed by atoms with Crippen LogP contribution in [0.1, 0.15) is 36.2 Å². The molecule has 2 aromatic carbocycles. The first-order valence-corrected chi connectivity index (χ1v) is 11.1. The van der Waals surface area contributed by atoms with Gasteiger partial charge in [0.25, 0.3) is 11.5 Å². The Labute approximate surface area is 200 Å². The average Bonchev–Trinajstić information content (AvgIpc) is 2.87. The molecule has 1 amide bonds. The minimum absolute atomic E-state index is 0.150. The molecule has 0 spiro atoms. The number of ether oxygens (including phenoxy) is 1. The van der Waals surface area contributed by atoms with E-state index in [9.17, 15) is 9.59 Å². The Morgan fingerprint density at radius 2 is 1.79 bits per heavy atom. The highest BCUT2D eigenvalue weighted by Crippen LogP contribution is 2.17. The van der Waals surface area contributed by atoms with Gasteiger partial charge >= 0.3 is 0 Å². The standard InChI is InChI=1S/C21H22N4O2.C3H8O.C2H4O/c22-12-5-13-23-21(27)18-9-4-8-17(14-18)19-10-11-20(26)25(24-19)15-16-6-2-1-3-7-16;1-3-4-2;1-2-3/h1-4,6-11,14H,5,12-13,15,22H2,(H,23,27);3H2,1-2H3;2H,1H3. The molecular weight excluding hydrogens is 432 g/mol. The highest BCUT2D eigenvalue weighted by atomic mass is 16.5. The van der Waals surface area contributed by atoms with Crippen LogP contribution in [-0.4, -0.2) is 48.8 Å². The van der Waals surface area contributed by atoms with Crippen molar-refractivity contribution in [2.45, 2.75) is 26.8 Å². The molecule has 0 fully saturated rings. The van der Waals surface area contributed by atoms with Crippen molar-refractivity contribution in [2.24, 2.45) is 5.73 Å². The maximum atomic E-state index is 12.2. The van der Waals surface area contributed by atoms with Crippen LogP contribution in [0.15, 0.2) is 71.5 Å². The van der Waals surface area contributed by atoms with Gasteiger partial charge in [0.2, 0.25) is 0 Å². The lowest BCUT2D eigenvalue weighted by atomic mass is 10.1. The number of hydrogen-bond acceptors (Lipinski definition) is 6. The summed E-state index contributed by atoms with van der Waals surface area (Å²) >= 11 is 0. The second kappa shape index (κ2) is 16.9. The first kappa shape index (κ1) is 28.4. The van der Waals surface area contributed by atoms with Gasteiger partial charge in [-0.1, -0.05) is 42.5 Å². The molecule has 0 aliphatic heterocycles. The van der Waals surface area contributed by atoms with Gasteiger partial charge in [-0.25, -0.2) is 4.68 Å². The number of aldehydes is 1. The summed E-state index contributed by atoms with van der Waals surface area (Å²) in [6.45, 7) is 5.69. The van der Waals surface area contributed by atoms with Crippen molar-refractivity contribution in [1.82, 2.24) is 15.1 Å². The summed E-state index contributed by atoms with van der Waals surface area (Å²) in [5.41, 5.74) is 8.25. The SMILES string of the molecule is CC=O.CCOC.NCCCNC(=O)c1cccc(-c2ccc(=O)n(Cc3ccccc3)n2)c1. The van der Waals surface area contributed by atoms with Crippen LogP contribution in [-0.2, 0) is 16.1 Å². The maximum Gasteiger partial charge on any atom is 0.267 e. The molecule has 1 aromatic heterocycles. The van der Waals surface area contributed by atoms with Crippen molar-refractivity contribution in [3.63, 3.8) is 0 Å². The third-order valence-corrected chi connectivity index (χ3v) is 4.42. The molecule has 0 unspecified atom stereocenters. The molecule has 8 heteroatoms. The Bertz CT molecular complexity index is 1050. The second-order valence-electron chi connectivity index (χ2n) is 6.99. The van der Waals surface area contributed by atoms with E-state index in [-0.39, 0.29) is 11.5 Å². The smallest absolute Gasteiger partial charge is 0.267 e. The number of aromatic nitrogens is 2. The van der Waals surface area contributed by atoms with Gasteiger partial charge in [0.1, 0.15) is 6.29 Å². The molecule has 0 bridgehead atoms. The van der Waals surface area contributed by atoms with Crippen molar-refractivity contribution < 1.29 is 14.3 Å². The highest BCUT2D eigenvalue weighted by Gasteiger charge is 2.09. The molecule has 0 radical (unpaired) electrons. The minimum Gasteiger partial charge on any atom is -0.385 e. The number of nitrogens with two attached hydrogens (primary N) is 1. The number of carbonyl (C=O) groups is 2. The van der Waals surface area contributed by atoms with Crippen molar-refractivity contribution in [3.8, 4) is 11.3 Å². The molecule has 34 heavy (non-hydrogen) atoms. The van der Waals surface area contributed by atoms with Crippen LogP contribution in [0.5, 0.6) is 0 Å². The number of nitrogens with zero attached hydrogens (tertiary/aromatic N) is 2. The van der Waals surface area contributed by atoms with Gasteiger partial charge in [-0.2, -0.15) is 5.10 Å². The van der Waals surface area contributed by atoms with E-state index in [4.69, 9.17) is 10.5 Å². The second-order valence-corrected chi connectivity index (χ2v) is 6.99. The zero-order valence-electron chi connectivity index (χ0n) is 20.1. The Balaban J connectivity index is 0.000000732. The summed E-state index contributed by atoms with van der Waals surface area (Å²) in [5.74, 6) is -0.150. The van der Waals surface area contributed by atoms with Crippen LogP contribution in [0, 0.1) is 0 Å². The fourth-order valence-electron chi connectivity index (χ4n) is 2.70. The molecular formula is C26H34N4O4. The van der Waals surface area contributed by atoms with E-state index >= 15 is 0 Å². The van der Waals surface area contributed by atoms with Crippen molar-refractivity contribution in [1.29, 1.82) is 0 Å². The molecule has 0 saturated heterocycles. The molecule has 3 N–H and O–H groups in total. The normalized spacial score (nSPS) is 9.65. The number of benzene rings is 2. The Hall–Kier alpha value is -3.62. The summed E-state index contributed by atoms with van der Waals surface area (Å²) in [6, 6.07) is 20.1. The van der Waals surface area contributed by atoms with Crippen molar-refractivity contribution in [3.05, 3.63) is 88.2 Å². The highest BCUT2D eigenvalue weighted by molar-refractivity contribution is 5.95. The first-order chi connectivity index (χ1) is 16.5. The van der Waals surface area contributed by atoms with Crippen LogP contribution < -0.4 is 16.6 Å². The molecule has 0 saturated carbocycles. The van der Waals surface area contributed by atoms with Gasteiger partial charge in [-0.3, -0.25) is 9.59 Å². The number of methoxy groups -OCH3 is 1. The van der Waals surface area contributed by atoms with Gasteiger partial charge in [0.05, 0.1) is 12.2 Å². The van der Waals surface area contributed by atoms with Crippen LogP contribution >= 0.6 is 0 Å². The van der Waals surface area contributed by atoms with E-state index in [1.807, 2.05) is 49.4 Å². The zero-order chi connectivity index (χ0) is 25.2. The summed E-state index contributed by atoms with van der Waals surface area (Å²) < 4.78 is 5.97. The lowest BCUT2D eigenvalue weighted by Gasteiger charge is -2.09. The summed E-state index contributed by atoms with van der Waals surface area (Å²) in [7, 11) is 1.68. The average molecular weight is 467 g/mol. The predicted octanol–water partition coefficient (Wildman–Crippen LogP) is 2.90. The monoisotopic (exact) mass is 466 g/mol. The number of rotatable bonds is 8. The molecule has 1 heterocycles. The molecule has 8 nitrogen and oxygen atoms in total. The summed E-state index contributed by atoms with van der Waals surface area (Å²) in [6.07, 6.45) is 1.48. The van der Waals surface area contributed by atoms with Crippen LogP contribution in [0.2, 0.25) is 0 Å². The van der Waals surface area contributed by atoms with E-state index < -0.39 is 0 Å². The van der Waals surface area contributed by atoms with Gasteiger partial charge in [0, 0.05) is 37.5 Å². The molecule has 0 aliphatic rings. The van der Waals surface area contributed by atoms with E-state index in [1.165, 1.54) is 17.7 Å². The molecule has 3 rings (SSSR count). The first-order valence-electron chi connectivity index (χ1n) is 11.1. The Morgan fingerprint density at radius 3 is 2.41 bits per heavy atom. The van der Waals surface area contributed by atoms with E-state index in [1.54, 1.807) is 25.3 Å². The lowest BCUT2D eigenvalue weighted by Crippen LogP contribution is -2.26. The maximum absolute atomic E-state index is 12.2. The van der Waals surface area contributed by atoms with Crippen molar-refractivity contribution in [2.75, 3.05) is 26.8 Å². The molecule has 0 atom stereocenters. The largest absolute Gasteiger partial charge is 0.385 e. The third-order valence-electron chi connectivity index (χ3n) is 4.42. The van der Waals surface area contributed by atoms with Crippen LogP contribution in [0.4, 0.5) is 0 Å². The zero-order valence-corrected chi connectivity index (χ0v) is 20.1. The fraction of sp³-hybridized carbons (Fsp3) is 0.308. The fourth-order valence-corrected chi connectivity index (χ4v) is 2.70. The minimum atomic E-state index is -0.168. The van der Waals surface area contributed by atoms with Gasteiger partial charge in [-0.05, 0) is 50.6 Å². The number of nitrogens with one attached hydrogen (secondary N) is 1. The lowest BCUT2D eigenvalue weighted by molar-refractivity contribution is -0.106. The third kappa shape index (κ3) is 10.3. The number of carbonyl (C=O) groups excluding carboxylic acids is 2.